The molecule has 1 heterocycles. The Morgan fingerprint density at radius 1 is 1.24 bits per heavy atom. The number of aliphatic carboxylic acids is 1. The lowest BCUT2D eigenvalue weighted by molar-refractivity contribution is -0.299. The van der Waals surface area contributed by atoms with E-state index in [1.54, 1.807) is 0 Å². The van der Waals surface area contributed by atoms with Crippen LogP contribution in [0.5, 0.6) is 0 Å². The lowest BCUT2D eigenvalue weighted by atomic mass is 9.87. The molecule has 1 aliphatic carbocycles. The second-order valence-corrected chi connectivity index (χ2v) is 6.59. The molecule has 0 aromatic carbocycles. The van der Waals surface area contributed by atoms with E-state index in [1.807, 2.05) is 6.92 Å². The minimum absolute atomic E-state index is 0.0387. The van der Waals surface area contributed by atoms with E-state index in [4.69, 9.17) is 9.47 Å². The summed E-state index contributed by atoms with van der Waals surface area (Å²) in [6, 6.07) is 0. The highest BCUT2D eigenvalue weighted by Gasteiger charge is 2.44. The number of ether oxygens (including phenoxy) is 2. The van der Waals surface area contributed by atoms with Gasteiger partial charge in [-0.15, -0.1) is 0 Å². The van der Waals surface area contributed by atoms with Crippen molar-refractivity contribution in [3.05, 3.63) is 11.1 Å². The van der Waals surface area contributed by atoms with E-state index in [2.05, 4.69) is 0 Å². The number of rotatable bonds is 7. The Balaban J connectivity index is 2.05. The minimum atomic E-state index is -1.53. The smallest absolute Gasteiger partial charge is 0.309 e. The Morgan fingerprint density at radius 3 is 2.48 bits per heavy atom. The van der Waals surface area contributed by atoms with Gasteiger partial charge in [0.1, 0.15) is 24.4 Å². The molecule has 1 aliphatic heterocycles. The zero-order valence-electron chi connectivity index (χ0n) is 14.0. The maximum absolute atomic E-state index is 11.3. The first-order chi connectivity index (χ1) is 11.8. The van der Waals surface area contributed by atoms with Gasteiger partial charge in [-0.1, -0.05) is 5.57 Å². The van der Waals surface area contributed by atoms with Crippen molar-refractivity contribution in [2.45, 2.75) is 50.5 Å². The summed E-state index contributed by atoms with van der Waals surface area (Å²) in [7, 11) is 0. The van der Waals surface area contributed by atoms with Crippen molar-refractivity contribution in [2.75, 3.05) is 19.8 Å². The fourth-order valence-electron chi connectivity index (χ4n) is 3.45. The molecule has 25 heavy (non-hydrogen) atoms. The average molecular weight is 362 g/mol. The second-order valence-electron chi connectivity index (χ2n) is 6.59. The van der Waals surface area contributed by atoms with E-state index in [0.29, 0.717) is 12.8 Å². The Hall–Kier alpha value is -1.07. The van der Waals surface area contributed by atoms with Crippen LogP contribution in [0, 0.1) is 11.8 Å². The van der Waals surface area contributed by atoms with E-state index in [0.717, 1.165) is 11.1 Å². The van der Waals surface area contributed by atoms with Crippen molar-refractivity contribution >= 4 is 5.97 Å². The van der Waals surface area contributed by atoms with Gasteiger partial charge in [0.2, 0.25) is 0 Å². The predicted octanol–water partition coefficient (Wildman–Crippen LogP) is -1.78. The molecule has 2 aliphatic rings. The number of aliphatic hydroxyl groups excluding tert-OH is 5. The van der Waals surface area contributed by atoms with Gasteiger partial charge in [0.15, 0.2) is 6.29 Å². The number of carbonyl (C=O) groups is 1. The maximum Gasteiger partial charge on any atom is 0.309 e. The van der Waals surface area contributed by atoms with Crippen LogP contribution in [-0.4, -0.2) is 87.1 Å². The van der Waals surface area contributed by atoms with Crippen LogP contribution in [0.1, 0.15) is 19.8 Å². The van der Waals surface area contributed by atoms with Crippen LogP contribution in [0.15, 0.2) is 11.1 Å². The molecular formula is C16H26O9. The summed E-state index contributed by atoms with van der Waals surface area (Å²) in [6.07, 6.45) is -5.58. The molecule has 6 N–H and O–H groups in total. The molecule has 9 heteroatoms. The average Bonchev–Trinajstić information content (AvgIpc) is 2.93. The normalized spacial score (nSPS) is 37.4. The van der Waals surface area contributed by atoms with Crippen molar-refractivity contribution in [1.29, 1.82) is 0 Å². The van der Waals surface area contributed by atoms with Gasteiger partial charge in [-0.25, -0.2) is 0 Å². The predicted molar refractivity (Wildman–Crippen MR) is 83.4 cm³/mol. The van der Waals surface area contributed by atoms with Gasteiger partial charge in [-0.2, -0.15) is 0 Å². The third-order valence-electron chi connectivity index (χ3n) is 5.08. The number of carboxylic acid groups (broad SMARTS) is 1. The first kappa shape index (κ1) is 20.2. The molecule has 2 rings (SSSR count). The summed E-state index contributed by atoms with van der Waals surface area (Å²) in [6.45, 7) is 0.767. The topological polar surface area (TPSA) is 157 Å². The highest BCUT2D eigenvalue weighted by Crippen LogP contribution is 2.37. The van der Waals surface area contributed by atoms with Crippen molar-refractivity contribution in [3.63, 3.8) is 0 Å². The highest BCUT2D eigenvalue weighted by atomic mass is 16.7. The third-order valence-corrected chi connectivity index (χ3v) is 5.08. The van der Waals surface area contributed by atoms with Crippen LogP contribution >= 0.6 is 0 Å². The molecule has 0 unspecified atom stereocenters. The highest BCUT2D eigenvalue weighted by molar-refractivity contribution is 5.71. The molecule has 1 saturated heterocycles. The molecule has 0 radical (unpaired) electrons. The zero-order valence-corrected chi connectivity index (χ0v) is 14.0. The Bertz CT molecular complexity index is 504. The first-order valence-electron chi connectivity index (χ1n) is 8.26. The van der Waals surface area contributed by atoms with Gasteiger partial charge in [0.25, 0.3) is 0 Å². The van der Waals surface area contributed by atoms with Crippen LogP contribution in [-0.2, 0) is 14.3 Å². The van der Waals surface area contributed by atoms with E-state index in [-0.39, 0.29) is 12.5 Å². The standard InChI is InChI=1S/C16H26O9/c1-7-2-3-8(9(4-17)15(22)23)10(7)6-24-16-14(21)13(20)12(19)11(5-18)25-16/h8-9,11-14,16-21H,2-6H2,1H3,(H,22,23)/t8-,9-,11-,12+,13+,14+,16-/m0/s1. The number of hydrogen-bond donors (Lipinski definition) is 6. The van der Waals surface area contributed by atoms with Crippen LogP contribution in [0.4, 0.5) is 0 Å². The molecule has 0 spiro atoms. The second kappa shape index (κ2) is 8.54. The van der Waals surface area contributed by atoms with Crippen LogP contribution < -0.4 is 0 Å². The fraction of sp³-hybridized carbons (Fsp3) is 0.812. The van der Waals surface area contributed by atoms with Gasteiger partial charge < -0.3 is 40.1 Å². The van der Waals surface area contributed by atoms with Crippen molar-refractivity contribution < 1.29 is 44.9 Å². The SMILES string of the molecule is CC1=C(CO[C@H]2O[C@@H](CO)[C@@H](O)[C@@H](O)[C@H]2O)[C@H]([C@H](CO)C(=O)O)CC1. The van der Waals surface area contributed by atoms with E-state index in [9.17, 15) is 35.4 Å². The summed E-state index contributed by atoms with van der Waals surface area (Å²) in [5.74, 6) is -2.41. The lowest BCUT2D eigenvalue weighted by Crippen LogP contribution is -2.59. The van der Waals surface area contributed by atoms with Crippen molar-refractivity contribution in [1.82, 2.24) is 0 Å². The van der Waals surface area contributed by atoms with Crippen LogP contribution in [0.3, 0.4) is 0 Å². The summed E-state index contributed by atoms with van der Waals surface area (Å²) < 4.78 is 10.8. The lowest BCUT2D eigenvalue weighted by Gasteiger charge is -2.39. The van der Waals surface area contributed by atoms with Gasteiger partial charge in [0, 0.05) is 0 Å². The number of carboxylic acids is 1. The molecule has 144 valence electrons. The molecule has 9 nitrogen and oxygen atoms in total. The minimum Gasteiger partial charge on any atom is -0.481 e. The first-order valence-corrected chi connectivity index (χ1v) is 8.26. The van der Waals surface area contributed by atoms with Gasteiger partial charge in [-0.05, 0) is 31.3 Å². The monoisotopic (exact) mass is 362 g/mol. The number of allylic oxidation sites excluding steroid dienone is 1. The van der Waals surface area contributed by atoms with Crippen molar-refractivity contribution in [2.24, 2.45) is 11.8 Å². The van der Waals surface area contributed by atoms with Gasteiger partial charge >= 0.3 is 5.97 Å². The maximum atomic E-state index is 11.3. The summed E-state index contributed by atoms with van der Waals surface area (Å²) >= 11 is 0. The molecule has 0 bridgehead atoms. The summed E-state index contributed by atoms with van der Waals surface area (Å²) in [5, 5.41) is 57.3. The zero-order chi connectivity index (χ0) is 18.7. The number of hydrogen-bond acceptors (Lipinski definition) is 8. The Morgan fingerprint density at radius 2 is 1.92 bits per heavy atom. The Kier molecular flexibility index (Phi) is 6.92. The van der Waals surface area contributed by atoms with E-state index in [1.165, 1.54) is 0 Å². The molecule has 0 amide bonds. The van der Waals surface area contributed by atoms with Crippen LogP contribution in [0.2, 0.25) is 0 Å². The summed E-state index contributed by atoms with van der Waals surface area (Å²) in [4.78, 5) is 11.3. The summed E-state index contributed by atoms with van der Waals surface area (Å²) in [5.41, 5.74) is 1.67. The Labute approximate surface area is 145 Å². The quantitative estimate of drug-likeness (QED) is 0.288. The molecule has 0 aromatic rings. The van der Waals surface area contributed by atoms with Crippen LogP contribution in [0.25, 0.3) is 0 Å². The number of aliphatic hydroxyl groups is 5. The van der Waals surface area contributed by atoms with Gasteiger partial charge in [-0.3, -0.25) is 4.79 Å². The fourth-order valence-corrected chi connectivity index (χ4v) is 3.45. The molecular weight excluding hydrogens is 336 g/mol. The molecule has 0 saturated carbocycles. The molecule has 7 atom stereocenters. The van der Waals surface area contributed by atoms with Crippen molar-refractivity contribution in [3.8, 4) is 0 Å². The van der Waals surface area contributed by atoms with Gasteiger partial charge in [0.05, 0.1) is 25.7 Å². The van der Waals surface area contributed by atoms with E-state index >= 15 is 0 Å². The molecule has 1 fully saturated rings. The van der Waals surface area contributed by atoms with E-state index < -0.39 is 55.8 Å². The third kappa shape index (κ3) is 4.20. The largest absolute Gasteiger partial charge is 0.481 e. The molecule has 0 aromatic heterocycles.